The maximum absolute atomic E-state index is 11.9. The number of rotatable bonds is 0. The van der Waals surface area contributed by atoms with E-state index in [1.165, 1.54) is 10.9 Å². The largest absolute Gasteiger partial charge is 0.344 e. The number of imidazole rings is 1. The second kappa shape index (κ2) is 4.34. The van der Waals surface area contributed by atoms with Crippen LogP contribution < -0.4 is 0 Å². The molecule has 1 aliphatic rings. The second-order valence-corrected chi connectivity index (χ2v) is 3.84. The maximum atomic E-state index is 11.9. The minimum absolute atomic E-state index is 0.0223. The summed E-state index contributed by atoms with van der Waals surface area (Å²) < 4.78 is 1.39. The van der Waals surface area contributed by atoms with Crippen LogP contribution in [0.4, 0.5) is 4.79 Å². The predicted octanol–water partition coefficient (Wildman–Crippen LogP) is 0.0153. The highest BCUT2D eigenvalue weighted by Gasteiger charge is 2.23. The number of hydrogen-bond acceptors (Lipinski definition) is 3. The lowest BCUT2D eigenvalue weighted by Crippen LogP contribution is -2.39. The lowest BCUT2D eigenvalue weighted by atomic mass is 10.4. The first kappa shape index (κ1) is 10.7. The third-order valence-electron chi connectivity index (χ3n) is 2.67. The van der Waals surface area contributed by atoms with Gasteiger partial charge in [-0.05, 0) is 6.42 Å². The number of likely N-dealkylation sites (N-methyl/N-ethyl adjacent to an activating group) is 1. The molecule has 1 fully saturated rings. The van der Waals surface area contributed by atoms with E-state index >= 15 is 0 Å². The van der Waals surface area contributed by atoms with Gasteiger partial charge in [-0.2, -0.15) is 0 Å². The average molecular weight is 222 g/mol. The lowest BCUT2D eigenvalue weighted by molar-refractivity contribution is -0.129. The Morgan fingerprint density at radius 1 is 1.44 bits per heavy atom. The van der Waals surface area contributed by atoms with Crippen LogP contribution in [-0.2, 0) is 4.79 Å². The van der Waals surface area contributed by atoms with E-state index in [4.69, 9.17) is 0 Å². The molecule has 1 aromatic rings. The number of carbonyl (C=O) groups excluding carboxylic acids is 2. The Morgan fingerprint density at radius 2 is 2.25 bits per heavy atom. The quantitative estimate of drug-likeness (QED) is 0.621. The van der Waals surface area contributed by atoms with Gasteiger partial charge in [0.2, 0.25) is 5.91 Å². The van der Waals surface area contributed by atoms with Gasteiger partial charge in [-0.15, -0.1) is 0 Å². The number of hydrogen-bond donors (Lipinski definition) is 0. The molecule has 2 amide bonds. The molecule has 2 rings (SSSR count). The van der Waals surface area contributed by atoms with Crippen LogP contribution in [0.5, 0.6) is 0 Å². The second-order valence-electron chi connectivity index (χ2n) is 3.84. The molecule has 1 saturated heterocycles. The fourth-order valence-corrected chi connectivity index (χ4v) is 1.69. The van der Waals surface area contributed by atoms with Crippen molar-refractivity contribution >= 4 is 11.9 Å². The van der Waals surface area contributed by atoms with Crippen LogP contribution in [0.2, 0.25) is 0 Å². The molecular formula is C10H14N4O2. The highest BCUT2D eigenvalue weighted by atomic mass is 16.2. The molecule has 16 heavy (non-hydrogen) atoms. The zero-order valence-electron chi connectivity index (χ0n) is 9.17. The van der Waals surface area contributed by atoms with Gasteiger partial charge < -0.3 is 9.80 Å². The Hall–Kier alpha value is -1.85. The molecule has 0 N–H and O–H groups in total. The number of nitrogens with zero attached hydrogens (tertiary/aromatic N) is 4. The summed E-state index contributed by atoms with van der Waals surface area (Å²) in [5, 5.41) is 0. The smallest absolute Gasteiger partial charge is 0.329 e. The fraction of sp³-hybridized carbons (Fsp3) is 0.500. The van der Waals surface area contributed by atoms with Crippen molar-refractivity contribution in [2.24, 2.45) is 0 Å². The van der Waals surface area contributed by atoms with Crippen molar-refractivity contribution in [2.45, 2.75) is 6.42 Å². The van der Waals surface area contributed by atoms with Gasteiger partial charge in [0.25, 0.3) is 0 Å². The average Bonchev–Trinajstić information content (AvgIpc) is 2.74. The highest BCUT2D eigenvalue weighted by molar-refractivity contribution is 5.85. The Labute approximate surface area is 93.5 Å². The predicted molar refractivity (Wildman–Crippen MR) is 56.8 cm³/mol. The summed E-state index contributed by atoms with van der Waals surface area (Å²) in [6.07, 6.45) is 5.38. The zero-order valence-corrected chi connectivity index (χ0v) is 9.17. The maximum Gasteiger partial charge on any atom is 0.329 e. The Morgan fingerprint density at radius 3 is 2.94 bits per heavy atom. The zero-order chi connectivity index (χ0) is 11.5. The van der Waals surface area contributed by atoms with Crippen LogP contribution in [0.15, 0.2) is 18.7 Å². The Balaban J connectivity index is 2.09. The summed E-state index contributed by atoms with van der Waals surface area (Å²) >= 11 is 0. The summed E-state index contributed by atoms with van der Waals surface area (Å²) in [5.74, 6) is -0.0223. The molecule has 1 aromatic heterocycles. The SMILES string of the molecule is CN1CCCN(C(=O)n2ccnc2)CC1=O. The summed E-state index contributed by atoms with van der Waals surface area (Å²) in [4.78, 5) is 30.6. The van der Waals surface area contributed by atoms with Crippen molar-refractivity contribution < 1.29 is 9.59 Å². The van der Waals surface area contributed by atoms with E-state index in [-0.39, 0.29) is 18.5 Å². The van der Waals surface area contributed by atoms with E-state index in [0.29, 0.717) is 13.1 Å². The van der Waals surface area contributed by atoms with E-state index in [9.17, 15) is 9.59 Å². The van der Waals surface area contributed by atoms with Crippen LogP contribution in [0.1, 0.15) is 6.42 Å². The van der Waals surface area contributed by atoms with Crippen LogP contribution in [0, 0.1) is 0 Å². The van der Waals surface area contributed by atoms with Gasteiger partial charge in [-0.1, -0.05) is 0 Å². The third kappa shape index (κ3) is 2.05. The van der Waals surface area contributed by atoms with Crippen molar-refractivity contribution in [3.8, 4) is 0 Å². The van der Waals surface area contributed by atoms with Gasteiger partial charge in [-0.25, -0.2) is 9.78 Å². The van der Waals surface area contributed by atoms with Crippen molar-refractivity contribution in [1.29, 1.82) is 0 Å². The first-order valence-corrected chi connectivity index (χ1v) is 5.19. The monoisotopic (exact) mass is 222 g/mol. The lowest BCUT2D eigenvalue weighted by Gasteiger charge is -2.19. The molecule has 1 aliphatic heterocycles. The standard InChI is InChI=1S/C10H14N4O2/c1-12-4-2-5-13(7-9(12)15)10(16)14-6-3-11-8-14/h3,6,8H,2,4-5,7H2,1H3. The van der Waals surface area contributed by atoms with Crippen molar-refractivity contribution in [3.63, 3.8) is 0 Å². The van der Waals surface area contributed by atoms with Crippen LogP contribution >= 0.6 is 0 Å². The summed E-state index contributed by atoms with van der Waals surface area (Å²) in [6.45, 7) is 1.45. The molecule has 0 saturated carbocycles. The van der Waals surface area contributed by atoms with Gasteiger partial charge in [0.15, 0.2) is 0 Å². The van der Waals surface area contributed by atoms with Crippen molar-refractivity contribution in [2.75, 3.05) is 26.7 Å². The molecule has 6 heteroatoms. The molecule has 2 heterocycles. The van der Waals surface area contributed by atoms with Gasteiger partial charge in [0, 0.05) is 32.5 Å². The molecule has 6 nitrogen and oxygen atoms in total. The van der Waals surface area contributed by atoms with E-state index < -0.39 is 0 Å². The molecule has 0 spiro atoms. The van der Waals surface area contributed by atoms with Crippen molar-refractivity contribution in [1.82, 2.24) is 19.4 Å². The molecule has 0 atom stereocenters. The molecule has 86 valence electrons. The van der Waals surface area contributed by atoms with Gasteiger partial charge in [0.05, 0.1) is 0 Å². The molecule has 0 aliphatic carbocycles. The summed E-state index contributed by atoms with van der Waals surface area (Å²) in [7, 11) is 1.76. The van der Waals surface area contributed by atoms with Gasteiger partial charge >= 0.3 is 6.03 Å². The minimum Gasteiger partial charge on any atom is -0.344 e. The van der Waals surface area contributed by atoms with E-state index in [2.05, 4.69) is 4.98 Å². The first-order chi connectivity index (χ1) is 7.68. The van der Waals surface area contributed by atoms with Gasteiger partial charge in [-0.3, -0.25) is 9.36 Å². The fourth-order valence-electron chi connectivity index (χ4n) is 1.69. The number of amides is 2. The Bertz CT molecular complexity index is 388. The third-order valence-corrected chi connectivity index (χ3v) is 2.67. The molecule has 0 aromatic carbocycles. The highest BCUT2D eigenvalue weighted by Crippen LogP contribution is 2.04. The molecule has 0 bridgehead atoms. The van der Waals surface area contributed by atoms with Crippen LogP contribution in [-0.4, -0.2) is 58.0 Å². The summed E-state index contributed by atoms with van der Waals surface area (Å²) in [6, 6.07) is -0.193. The summed E-state index contributed by atoms with van der Waals surface area (Å²) in [5.41, 5.74) is 0. The van der Waals surface area contributed by atoms with E-state index in [0.717, 1.165) is 6.42 Å². The molecular weight excluding hydrogens is 208 g/mol. The minimum atomic E-state index is -0.193. The van der Waals surface area contributed by atoms with E-state index in [1.807, 2.05) is 0 Å². The topological polar surface area (TPSA) is 58.4 Å². The van der Waals surface area contributed by atoms with E-state index in [1.54, 1.807) is 29.2 Å². The van der Waals surface area contributed by atoms with Crippen molar-refractivity contribution in [3.05, 3.63) is 18.7 Å². The number of aromatic nitrogens is 2. The van der Waals surface area contributed by atoms with Crippen LogP contribution in [0.3, 0.4) is 0 Å². The molecule has 0 radical (unpaired) electrons. The van der Waals surface area contributed by atoms with Crippen LogP contribution in [0.25, 0.3) is 0 Å². The number of carbonyl (C=O) groups is 2. The first-order valence-electron chi connectivity index (χ1n) is 5.19. The Kier molecular flexibility index (Phi) is 2.89. The normalized spacial score (nSPS) is 17.4. The molecule has 0 unspecified atom stereocenters. The van der Waals surface area contributed by atoms with Gasteiger partial charge in [0.1, 0.15) is 12.9 Å².